The van der Waals surface area contributed by atoms with Gasteiger partial charge in [0.2, 0.25) is 5.91 Å². The number of aromatic nitrogens is 1. The van der Waals surface area contributed by atoms with Gasteiger partial charge >= 0.3 is 0 Å². The number of alkyl halides is 1. The lowest BCUT2D eigenvalue weighted by molar-refractivity contribution is -0.115. The highest BCUT2D eigenvalue weighted by molar-refractivity contribution is 7.15. The first kappa shape index (κ1) is 15.0. The Hall–Kier alpha value is -1.91. The van der Waals surface area contributed by atoms with E-state index in [9.17, 15) is 4.79 Å². The molecule has 112 valence electrons. The normalized spacial score (nSPS) is 10.8. The molecule has 0 atom stereocenters. The molecule has 0 aliphatic heterocycles. The summed E-state index contributed by atoms with van der Waals surface area (Å²) in [6.07, 6.45) is 2.94. The lowest BCUT2D eigenvalue weighted by atomic mass is 10.0. The van der Waals surface area contributed by atoms with Gasteiger partial charge in [0.1, 0.15) is 0 Å². The van der Waals surface area contributed by atoms with E-state index in [-0.39, 0.29) is 5.91 Å². The quantitative estimate of drug-likeness (QED) is 0.702. The Bertz CT molecular complexity index is 795. The number of fused-ring (bicyclic) bond motifs is 1. The van der Waals surface area contributed by atoms with E-state index in [2.05, 4.69) is 46.7 Å². The molecule has 0 saturated heterocycles. The summed E-state index contributed by atoms with van der Waals surface area (Å²) in [5.74, 6) is 0.223. The van der Waals surface area contributed by atoms with E-state index in [0.717, 1.165) is 11.3 Å². The van der Waals surface area contributed by atoms with E-state index in [1.165, 1.54) is 27.7 Å². The first-order valence-corrected chi connectivity index (χ1v) is 8.38. The van der Waals surface area contributed by atoms with Crippen molar-refractivity contribution in [2.45, 2.75) is 12.8 Å². The van der Waals surface area contributed by atoms with Gasteiger partial charge in [-0.25, -0.2) is 4.98 Å². The van der Waals surface area contributed by atoms with E-state index in [1.54, 1.807) is 0 Å². The first-order valence-electron chi connectivity index (χ1n) is 7.03. The minimum Gasteiger partial charge on any atom is -0.302 e. The lowest BCUT2D eigenvalue weighted by Gasteiger charge is -2.04. The molecule has 3 rings (SSSR count). The number of amides is 1. The van der Waals surface area contributed by atoms with Gasteiger partial charge < -0.3 is 5.32 Å². The summed E-state index contributed by atoms with van der Waals surface area (Å²) in [6, 6.07) is 14.7. The van der Waals surface area contributed by atoms with Crippen molar-refractivity contribution in [3.8, 4) is 0 Å². The van der Waals surface area contributed by atoms with Gasteiger partial charge in [-0.3, -0.25) is 4.79 Å². The van der Waals surface area contributed by atoms with Crippen molar-refractivity contribution in [3.05, 3.63) is 59.1 Å². The number of benzene rings is 2. The number of carbonyl (C=O) groups excluding carboxylic acids is 1. The summed E-state index contributed by atoms with van der Waals surface area (Å²) >= 11 is 7.06. The fourth-order valence-electron chi connectivity index (χ4n) is 2.35. The number of halogens is 1. The van der Waals surface area contributed by atoms with Gasteiger partial charge in [-0.15, -0.1) is 22.9 Å². The molecule has 1 N–H and O–H groups in total. The molecule has 0 spiro atoms. The Morgan fingerprint density at radius 1 is 1.18 bits per heavy atom. The maximum Gasteiger partial charge on any atom is 0.227 e. The SMILES string of the molecule is O=C(CCCl)Nc1ncc(Cc2cccc3ccccc23)s1. The zero-order valence-electron chi connectivity index (χ0n) is 11.9. The molecule has 3 aromatic rings. The number of thiazole rings is 1. The fourth-order valence-corrected chi connectivity index (χ4v) is 3.37. The summed E-state index contributed by atoms with van der Waals surface area (Å²) in [7, 11) is 0. The summed E-state index contributed by atoms with van der Waals surface area (Å²) < 4.78 is 0. The molecule has 1 amide bonds. The van der Waals surface area contributed by atoms with Gasteiger partial charge in [0.05, 0.1) is 0 Å². The van der Waals surface area contributed by atoms with E-state index >= 15 is 0 Å². The molecule has 0 saturated carbocycles. The average molecular weight is 331 g/mol. The second kappa shape index (κ2) is 6.90. The highest BCUT2D eigenvalue weighted by atomic mass is 35.5. The molecular weight excluding hydrogens is 316 g/mol. The van der Waals surface area contributed by atoms with Crippen LogP contribution in [0.5, 0.6) is 0 Å². The van der Waals surface area contributed by atoms with Crippen molar-refractivity contribution in [1.29, 1.82) is 0 Å². The van der Waals surface area contributed by atoms with Crippen molar-refractivity contribution >= 4 is 44.7 Å². The first-order chi connectivity index (χ1) is 10.8. The van der Waals surface area contributed by atoms with Gasteiger partial charge in [0, 0.05) is 29.8 Å². The van der Waals surface area contributed by atoms with Crippen molar-refractivity contribution in [1.82, 2.24) is 4.98 Å². The summed E-state index contributed by atoms with van der Waals surface area (Å²) in [4.78, 5) is 16.9. The fraction of sp³-hybridized carbons (Fsp3) is 0.176. The van der Waals surface area contributed by atoms with E-state index in [1.807, 2.05) is 12.3 Å². The smallest absolute Gasteiger partial charge is 0.227 e. The largest absolute Gasteiger partial charge is 0.302 e. The van der Waals surface area contributed by atoms with Crippen LogP contribution in [0.3, 0.4) is 0 Å². The third kappa shape index (κ3) is 3.46. The molecule has 5 heteroatoms. The van der Waals surface area contributed by atoms with Crippen LogP contribution in [-0.2, 0) is 11.2 Å². The standard InChI is InChI=1S/C17H15ClN2OS/c18-9-8-16(21)20-17-19-11-14(22-17)10-13-6-3-5-12-4-1-2-7-15(12)13/h1-7,11H,8-10H2,(H,19,20,21). The van der Waals surface area contributed by atoms with Crippen molar-refractivity contribution in [3.63, 3.8) is 0 Å². The third-order valence-electron chi connectivity index (χ3n) is 3.37. The van der Waals surface area contributed by atoms with Gasteiger partial charge in [0.25, 0.3) is 0 Å². The number of anilines is 1. The van der Waals surface area contributed by atoms with Crippen LogP contribution in [0, 0.1) is 0 Å². The van der Waals surface area contributed by atoms with Crippen molar-refractivity contribution in [2.75, 3.05) is 11.2 Å². The second-order valence-corrected chi connectivity index (χ2v) is 6.43. The molecule has 2 aromatic carbocycles. The van der Waals surface area contributed by atoms with Gasteiger partial charge in [-0.05, 0) is 16.3 Å². The molecule has 0 radical (unpaired) electrons. The number of nitrogens with zero attached hydrogens (tertiary/aromatic N) is 1. The van der Waals surface area contributed by atoms with Crippen molar-refractivity contribution in [2.24, 2.45) is 0 Å². The van der Waals surface area contributed by atoms with Crippen molar-refractivity contribution < 1.29 is 4.79 Å². The zero-order chi connectivity index (χ0) is 15.4. The monoisotopic (exact) mass is 330 g/mol. The predicted octanol–water partition coefficient (Wildman–Crippen LogP) is 4.45. The van der Waals surface area contributed by atoms with Crippen LogP contribution < -0.4 is 5.32 Å². The Morgan fingerprint density at radius 3 is 2.86 bits per heavy atom. The molecular formula is C17H15ClN2OS. The molecule has 0 aliphatic rings. The number of rotatable bonds is 5. The van der Waals surface area contributed by atoms with Gasteiger partial charge in [0.15, 0.2) is 5.13 Å². The lowest BCUT2D eigenvalue weighted by Crippen LogP contribution is -2.11. The highest BCUT2D eigenvalue weighted by Gasteiger charge is 2.08. The minimum atomic E-state index is -0.0962. The minimum absolute atomic E-state index is 0.0962. The van der Waals surface area contributed by atoms with E-state index < -0.39 is 0 Å². The van der Waals surface area contributed by atoms with Gasteiger partial charge in [-0.1, -0.05) is 42.5 Å². The summed E-state index contributed by atoms with van der Waals surface area (Å²) in [6.45, 7) is 0. The number of hydrogen-bond acceptors (Lipinski definition) is 3. The number of hydrogen-bond donors (Lipinski definition) is 1. The van der Waals surface area contributed by atoms with Crippen LogP contribution >= 0.6 is 22.9 Å². The Balaban J connectivity index is 1.78. The molecule has 3 nitrogen and oxygen atoms in total. The maximum atomic E-state index is 11.5. The molecule has 1 aromatic heterocycles. The number of carbonyl (C=O) groups is 1. The topological polar surface area (TPSA) is 42.0 Å². The summed E-state index contributed by atoms with van der Waals surface area (Å²) in [5.41, 5.74) is 1.26. The van der Waals surface area contributed by atoms with Crippen LogP contribution in [0.25, 0.3) is 10.8 Å². The average Bonchev–Trinajstić information content (AvgIpc) is 2.95. The van der Waals surface area contributed by atoms with Gasteiger partial charge in [-0.2, -0.15) is 0 Å². The van der Waals surface area contributed by atoms with E-state index in [4.69, 9.17) is 11.6 Å². The maximum absolute atomic E-state index is 11.5. The molecule has 1 heterocycles. The Kier molecular flexibility index (Phi) is 4.71. The second-order valence-electron chi connectivity index (χ2n) is 4.93. The predicted molar refractivity (Wildman–Crippen MR) is 92.8 cm³/mol. The van der Waals surface area contributed by atoms with Crippen LogP contribution in [-0.4, -0.2) is 16.8 Å². The molecule has 22 heavy (non-hydrogen) atoms. The molecule has 0 fully saturated rings. The number of nitrogens with one attached hydrogen (secondary N) is 1. The molecule has 0 bridgehead atoms. The molecule has 0 aliphatic carbocycles. The van der Waals surface area contributed by atoms with Crippen LogP contribution in [0.4, 0.5) is 5.13 Å². The van der Waals surface area contributed by atoms with Crippen LogP contribution in [0.2, 0.25) is 0 Å². The Morgan fingerprint density at radius 2 is 2.00 bits per heavy atom. The molecule has 0 unspecified atom stereocenters. The third-order valence-corrected chi connectivity index (χ3v) is 4.47. The Labute approximate surface area is 138 Å². The highest BCUT2D eigenvalue weighted by Crippen LogP contribution is 2.25. The van der Waals surface area contributed by atoms with Crippen LogP contribution in [0.15, 0.2) is 48.7 Å². The zero-order valence-corrected chi connectivity index (χ0v) is 13.5. The van der Waals surface area contributed by atoms with E-state index in [0.29, 0.717) is 17.4 Å². The van der Waals surface area contributed by atoms with Crippen LogP contribution in [0.1, 0.15) is 16.9 Å². The summed E-state index contributed by atoms with van der Waals surface area (Å²) in [5, 5.41) is 5.89.